The van der Waals surface area contributed by atoms with Crippen LogP contribution < -0.4 is 16.6 Å². The predicted molar refractivity (Wildman–Crippen MR) is 105 cm³/mol. The summed E-state index contributed by atoms with van der Waals surface area (Å²) < 4.78 is 15.5. The van der Waals surface area contributed by atoms with E-state index in [0.29, 0.717) is 28.0 Å². The van der Waals surface area contributed by atoms with E-state index < -0.39 is 0 Å². The third kappa shape index (κ3) is 3.14. The summed E-state index contributed by atoms with van der Waals surface area (Å²) in [4.78, 5) is 15.2. The van der Waals surface area contributed by atoms with E-state index in [4.69, 9.17) is 5.73 Å². The van der Waals surface area contributed by atoms with Gasteiger partial charge in [0.15, 0.2) is 5.82 Å². The van der Waals surface area contributed by atoms with Crippen molar-refractivity contribution in [2.45, 2.75) is 38.3 Å². The second-order valence-corrected chi connectivity index (χ2v) is 7.08. The molecule has 4 N–H and O–H groups in total. The Kier molecular flexibility index (Phi) is 4.84. The van der Waals surface area contributed by atoms with E-state index in [1.165, 1.54) is 6.07 Å². The number of nitriles is 1. The minimum absolute atomic E-state index is 0.0725. The van der Waals surface area contributed by atoms with E-state index in [9.17, 15) is 14.4 Å². The quantitative estimate of drug-likeness (QED) is 0.643. The van der Waals surface area contributed by atoms with Crippen LogP contribution in [0.4, 0.5) is 15.9 Å². The number of aromatic nitrogens is 3. The van der Waals surface area contributed by atoms with Gasteiger partial charge in [0.25, 0.3) is 5.56 Å². The molecule has 0 unspecified atom stereocenters. The summed E-state index contributed by atoms with van der Waals surface area (Å²) in [5.41, 5.74) is 6.97. The fourth-order valence-electron chi connectivity index (χ4n) is 3.94. The van der Waals surface area contributed by atoms with Crippen LogP contribution in [0.1, 0.15) is 37.3 Å². The van der Waals surface area contributed by atoms with Crippen molar-refractivity contribution in [3.05, 3.63) is 52.2 Å². The molecule has 0 amide bonds. The zero-order chi connectivity index (χ0) is 19.7. The lowest BCUT2D eigenvalue weighted by molar-refractivity contribution is 0.277. The van der Waals surface area contributed by atoms with Gasteiger partial charge < -0.3 is 16.0 Å². The number of hydrogen-bond acceptors (Lipinski definition) is 5. The molecule has 0 radical (unpaired) electrons. The molecule has 2 heterocycles. The highest BCUT2D eigenvalue weighted by Crippen LogP contribution is 2.36. The number of nitrogens with zero attached hydrogens (tertiary/aromatic N) is 3. The van der Waals surface area contributed by atoms with Crippen molar-refractivity contribution >= 4 is 22.4 Å². The van der Waals surface area contributed by atoms with Crippen LogP contribution in [0, 0.1) is 23.1 Å². The first-order chi connectivity index (χ1) is 13.6. The Morgan fingerprint density at radius 1 is 1.36 bits per heavy atom. The lowest BCUT2D eigenvalue weighted by atomic mass is 9.85. The molecule has 0 saturated heterocycles. The Morgan fingerprint density at radius 2 is 2.18 bits per heavy atom. The van der Waals surface area contributed by atoms with Gasteiger partial charge in [0.2, 0.25) is 0 Å². The van der Waals surface area contributed by atoms with Crippen molar-refractivity contribution < 1.29 is 4.39 Å². The van der Waals surface area contributed by atoms with E-state index in [2.05, 4.69) is 21.5 Å². The number of aromatic amines is 1. The van der Waals surface area contributed by atoms with E-state index in [-0.39, 0.29) is 29.9 Å². The number of nitrogens with two attached hydrogens (primary N) is 1. The predicted octanol–water partition coefficient (Wildman–Crippen LogP) is 3.32. The van der Waals surface area contributed by atoms with Crippen molar-refractivity contribution in [1.82, 2.24) is 14.8 Å². The van der Waals surface area contributed by atoms with Crippen molar-refractivity contribution in [1.29, 1.82) is 5.26 Å². The average Bonchev–Trinajstić information content (AvgIpc) is 3.08. The van der Waals surface area contributed by atoms with Crippen LogP contribution in [0.25, 0.3) is 10.9 Å². The lowest BCUT2D eigenvalue weighted by Crippen LogP contribution is -2.23. The van der Waals surface area contributed by atoms with E-state index in [1.807, 2.05) is 0 Å². The highest BCUT2D eigenvalue weighted by molar-refractivity contribution is 5.91. The number of fused-ring (bicyclic) bond motifs is 1. The number of nitrogens with one attached hydrogen (secondary N) is 2. The third-order valence-corrected chi connectivity index (χ3v) is 5.37. The van der Waals surface area contributed by atoms with Gasteiger partial charge in [-0.05, 0) is 37.1 Å². The zero-order valence-corrected chi connectivity index (χ0v) is 15.3. The van der Waals surface area contributed by atoms with Crippen LogP contribution in [-0.2, 0) is 6.54 Å². The molecule has 4 rings (SSSR count). The van der Waals surface area contributed by atoms with Gasteiger partial charge in [0.05, 0.1) is 23.5 Å². The fraction of sp³-hybridized carbons (Fsp3) is 0.350. The molecule has 1 fully saturated rings. The molecule has 144 valence electrons. The molecular formula is C20H21FN6O. The summed E-state index contributed by atoms with van der Waals surface area (Å²) in [5, 5.41) is 17.8. The Labute approximate surface area is 161 Å². The molecule has 28 heavy (non-hydrogen) atoms. The topological polar surface area (TPSA) is 113 Å². The van der Waals surface area contributed by atoms with Crippen LogP contribution in [0.2, 0.25) is 0 Å². The summed E-state index contributed by atoms with van der Waals surface area (Å²) in [7, 11) is 0. The molecule has 0 aliphatic heterocycles. The summed E-state index contributed by atoms with van der Waals surface area (Å²) in [5.74, 6) is -0.132. The van der Waals surface area contributed by atoms with Gasteiger partial charge in [-0.1, -0.05) is 12.8 Å². The molecule has 3 aromatic rings. The summed E-state index contributed by atoms with van der Waals surface area (Å²) in [6.07, 6.45) is 5.30. The SMILES string of the molecule is N#C[C@H]1CCCC[C@@H]1n1nc(Nc2ccc(F)c(CN)c2)c2c(=O)[nH]ccc21. The summed E-state index contributed by atoms with van der Waals surface area (Å²) >= 11 is 0. The van der Waals surface area contributed by atoms with E-state index in [1.54, 1.807) is 29.1 Å². The Balaban J connectivity index is 1.81. The lowest BCUT2D eigenvalue weighted by Gasteiger charge is -2.27. The highest BCUT2D eigenvalue weighted by atomic mass is 19.1. The van der Waals surface area contributed by atoms with Gasteiger partial charge in [-0.25, -0.2) is 4.39 Å². The molecule has 1 aromatic carbocycles. The number of benzene rings is 1. The maximum Gasteiger partial charge on any atom is 0.261 e. The van der Waals surface area contributed by atoms with Crippen molar-refractivity contribution in [2.75, 3.05) is 5.32 Å². The van der Waals surface area contributed by atoms with Gasteiger partial charge in [-0.2, -0.15) is 10.4 Å². The first-order valence-electron chi connectivity index (χ1n) is 9.37. The van der Waals surface area contributed by atoms with Gasteiger partial charge >= 0.3 is 0 Å². The van der Waals surface area contributed by atoms with E-state index >= 15 is 0 Å². The average molecular weight is 380 g/mol. The summed E-state index contributed by atoms with van der Waals surface area (Å²) in [6.45, 7) is 0.0725. The Bertz CT molecular complexity index is 1110. The van der Waals surface area contributed by atoms with Gasteiger partial charge in [0, 0.05) is 24.0 Å². The number of H-pyrrole nitrogens is 1. The molecule has 0 bridgehead atoms. The first kappa shape index (κ1) is 18.2. The molecule has 1 aliphatic carbocycles. The monoisotopic (exact) mass is 380 g/mol. The second-order valence-electron chi connectivity index (χ2n) is 7.08. The fourth-order valence-corrected chi connectivity index (χ4v) is 3.94. The van der Waals surface area contributed by atoms with Crippen LogP contribution in [0.15, 0.2) is 35.3 Å². The normalized spacial score (nSPS) is 19.5. The van der Waals surface area contributed by atoms with Gasteiger partial charge in [-0.15, -0.1) is 0 Å². The molecular weight excluding hydrogens is 359 g/mol. The molecule has 2 aromatic heterocycles. The van der Waals surface area contributed by atoms with Crippen LogP contribution >= 0.6 is 0 Å². The van der Waals surface area contributed by atoms with Crippen LogP contribution in [0.3, 0.4) is 0 Å². The van der Waals surface area contributed by atoms with Crippen LogP contribution in [0.5, 0.6) is 0 Å². The molecule has 7 nitrogen and oxygen atoms in total. The molecule has 0 spiro atoms. The smallest absolute Gasteiger partial charge is 0.261 e. The first-order valence-corrected chi connectivity index (χ1v) is 9.37. The highest BCUT2D eigenvalue weighted by Gasteiger charge is 2.29. The second kappa shape index (κ2) is 7.44. The van der Waals surface area contributed by atoms with Gasteiger partial charge in [0.1, 0.15) is 11.2 Å². The zero-order valence-electron chi connectivity index (χ0n) is 15.3. The Hall–Kier alpha value is -3.18. The third-order valence-electron chi connectivity index (χ3n) is 5.37. The van der Waals surface area contributed by atoms with Gasteiger partial charge in [-0.3, -0.25) is 9.48 Å². The van der Waals surface area contributed by atoms with Crippen molar-refractivity contribution in [3.63, 3.8) is 0 Å². The molecule has 1 saturated carbocycles. The number of pyridine rings is 1. The van der Waals surface area contributed by atoms with Crippen LogP contribution in [-0.4, -0.2) is 14.8 Å². The molecule has 1 aliphatic rings. The maximum atomic E-state index is 13.7. The Morgan fingerprint density at radius 3 is 2.96 bits per heavy atom. The number of rotatable bonds is 4. The minimum Gasteiger partial charge on any atom is -0.338 e. The molecule has 2 atom stereocenters. The number of anilines is 2. The largest absolute Gasteiger partial charge is 0.338 e. The van der Waals surface area contributed by atoms with Crippen molar-refractivity contribution in [2.24, 2.45) is 11.7 Å². The summed E-state index contributed by atoms with van der Waals surface area (Å²) in [6, 6.07) is 8.63. The molecule has 8 heteroatoms. The van der Waals surface area contributed by atoms with Crippen molar-refractivity contribution in [3.8, 4) is 6.07 Å². The standard InChI is InChI=1S/C20H21FN6O/c21-15-6-5-14(9-13(15)11-23)25-19-18-17(7-8-24-20(18)28)27(26-19)16-4-2-1-3-12(16)10-22/h5-9,12,16H,1-4,11,23H2,(H,24,28)(H,25,26)/t12-,16+/m1/s1. The minimum atomic E-state index is -0.375. The number of halogens is 1. The number of hydrogen-bond donors (Lipinski definition) is 3. The maximum absolute atomic E-state index is 13.7. The van der Waals surface area contributed by atoms with E-state index in [0.717, 1.165) is 25.7 Å².